The van der Waals surface area contributed by atoms with Gasteiger partial charge in [0, 0.05) is 19.1 Å². The van der Waals surface area contributed by atoms with Gasteiger partial charge in [-0.2, -0.15) is 4.31 Å². The summed E-state index contributed by atoms with van der Waals surface area (Å²) in [5.74, 6) is 0.808. The molecule has 1 fully saturated rings. The third kappa shape index (κ3) is 4.96. The van der Waals surface area contributed by atoms with Gasteiger partial charge < -0.3 is 4.90 Å². The molecule has 0 unspecified atom stereocenters. The van der Waals surface area contributed by atoms with Gasteiger partial charge in [0.25, 0.3) is 0 Å². The fraction of sp³-hybridized carbons (Fsp3) is 0.619. The number of piperidine rings is 1. The molecule has 0 radical (unpaired) electrons. The van der Waals surface area contributed by atoms with E-state index >= 15 is 0 Å². The van der Waals surface area contributed by atoms with Crippen molar-refractivity contribution in [1.29, 1.82) is 0 Å². The Morgan fingerprint density at radius 3 is 2.54 bits per heavy atom. The van der Waals surface area contributed by atoms with Crippen molar-refractivity contribution in [2.75, 3.05) is 25.9 Å². The van der Waals surface area contributed by atoms with E-state index in [1.54, 1.807) is 4.31 Å². The monoisotopic (exact) mass is 376 g/mol. The van der Waals surface area contributed by atoms with Gasteiger partial charge in [-0.25, -0.2) is 8.42 Å². The van der Waals surface area contributed by atoms with Gasteiger partial charge >= 0.3 is 0 Å². The van der Waals surface area contributed by atoms with E-state index < -0.39 is 10.0 Å². The normalized spacial score (nSPS) is 20.8. The number of sulfonamides is 1. The first-order valence-electron chi connectivity index (χ1n) is 9.80. The number of hydrogen-bond acceptors (Lipinski definition) is 3. The van der Waals surface area contributed by atoms with Gasteiger partial charge in [0.15, 0.2) is 0 Å². The molecule has 0 saturated carbocycles. The van der Waals surface area contributed by atoms with Crippen LogP contribution in [0.25, 0.3) is 6.08 Å². The maximum atomic E-state index is 11.7. The quantitative estimate of drug-likeness (QED) is 0.789. The van der Waals surface area contributed by atoms with Crippen LogP contribution in [-0.2, 0) is 23.0 Å². The van der Waals surface area contributed by atoms with Gasteiger partial charge in [0.1, 0.15) is 0 Å². The molecule has 0 aliphatic carbocycles. The lowest BCUT2D eigenvalue weighted by Gasteiger charge is -2.34. The van der Waals surface area contributed by atoms with Crippen molar-refractivity contribution in [3.8, 4) is 0 Å². The molecule has 0 N–H and O–H groups in total. The Kier molecular flexibility index (Phi) is 6.21. The predicted molar refractivity (Wildman–Crippen MR) is 108 cm³/mol. The molecule has 2 heterocycles. The van der Waals surface area contributed by atoms with Crippen LogP contribution in [-0.4, -0.2) is 49.6 Å². The molecule has 144 valence electrons. The number of benzene rings is 1. The van der Waals surface area contributed by atoms with E-state index in [1.165, 1.54) is 43.3 Å². The summed E-state index contributed by atoms with van der Waals surface area (Å²) in [7, 11) is -3.10. The molecule has 2 aliphatic rings. The fourth-order valence-electron chi connectivity index (χ4n) is 4.04. The van der Waals surface area contributed by atoms with E-state index in [-0.39, 0.29) is 0 Å². The minimum absolute atomic E-state index is 0.507. The lowest BCUT2D eigenvalue weighted by atomic mass is 9.92. The minimum atomic E-state index is -3.10. The number of allylic oxidation sites excluding steroid dienone is 1. The summed E-state index contributed by atoms with van der Waals surface area (Å²) < 4.78 is 25.0. The third-order valence-corrected chi connectivity index (χ3v) is 7.09. The highest BCUT2D eigenvalue weighted by Crippen LogP contribution is 2.24. The molecule has 1 aromatic rings. The smallest absolute Gasteiger partial charge is 0.211 e. The molecule has 0 atom stereocenters. The van der Waals surface area contributed by atoms with Crippen LogP contribution < -0.4 is 0 Å². The van der Waals surface area contributed by atoms with Crippen LogP contribution in [0.1, 0.15) is 49.8 Å². The zero-order valence-electron chi connectivity index (χ0n) is 16.3. The first-order valence-corrected chi connectivity index (χ1v) is 11.7. The average Bonchev–Trinajstić information content (AvgIpc) is 2.61. The Hall–Kier alpha value is -1.17. The van der Waals surface area contributed by atoms with Crippen LogP contribution >= 0.6 is 0 Å². The Bertz CT molecular complexity index is 747. The van der Waals surface area contributed by atoms with E-state index in [2.05, 4.69) is 49.1 Å². The summed E-state index contributed by atoms with van der Waals surface area (Å²) in [5.41, 5.74) is 3.66. The second-order valence-electron chi connectivity index (χ2n) is 8.09. The molecule has 0 spiro atoms. The van der Waals surface area contributed by atoms with Gasteiger partial charge in [0.2, 0.25) is 10.0 Å². The van der Waals surface area contributed by atoms with Gasteiger partial charge in [-0.15, -0.1) is 0 Å². The second-order valence-corrected chi connectivity index (χ2v) is 10.1. The molecule has 0 bridgehead atoms. The first kappa shape index (κ1) is 19.6. The Morgan fingerprint density at radius 2 is 1.88 bits per heavy atom. The van der Waals surface area contributed by atoms with Crippen molar-refractivity contribution in [2.45, 2.75) is 52.1 Å². The number of rotatable bonds is 5. The highest BCUT2D eigenvalue weighted by atomic mass is 32.2. The maximum Gasteiger partial charge on any atom is 0.211 e. The molecule has 1 aromatic carbocycles. The first-order chi connectivity index (χ1) is 12.3. The van der Waals surface area contributed by atoms with Crippen molar-refractivity contribution in [3.63, 3.8) is 0 Å². The highest BCUT2D eigenvalue weighted by Gasteiger charge is 2.23. The fourth-order valence-corrected chi connectivity index (χ4v) is 4.83. The summed E-state index contributed by atoms with van der Waals surface area (Å²) in [6.07, 6.45) is 10.4. The van der Waals surface area contributed by atoms with Crippen molar-refractivity contribution < 1.29 is 8.42 Å². The van der Waals surface area contributed by atoms with Crippen molar-refractivity contribution in [2.24, 2.45) is 5.92 Å². The Balaban J connectivity index is 1.54. The number of nitrogens with zero attached hydrogens (tertiary/aromatic N) is 2. The number of fused-ring (bicyclic) bond motifs is 1. The Labute approximate surface area is 158 Å². The highest BCUT2D eigenvalue weighted by molar-refractivity contribution is 7.88. The average molecular weight is 377 g/mol. The van der Waals surface area contributed by atoms with Crippen LogP contribution in [0.15, 0.2) is 24.3 Å². The van der Waals surface area contributed by atoms with Crippen LogP contribution in [0.2, 0.25) is 0 Å². The second kappa shape index (κ2) is 8.24. The lowest BCUT2D eigenvalue weighted by Crippen LogP contribution is -2.38. The molecule has 4 nitrogen and oxygen atoms in total. The number of hydrogen-bond donors (Lipinski definition) is 0. The van der Waals surface area contributed by atoms with E-state index in [4.69, 9.17) is 0 Å². The van der Waals surface area contributed by atoms with Gasteiger partial charge in [-0.05, 0) is 75.2 Å². The predicted octanol–water partition coefficient (Wildman–Crippen LogP) is 3.53. The molecule has 2 aliphatic heterocycles. The summed E-state index contributed by atoms with van der Waals surface area (Å²) in [4.78, 5) is 2.57. The van der Waals surface area contributed by atoms with Crippen LogP contribution in [0.3, 0.4) is 0 Å². The zero-order valence-corrected chi connectivity index (χ0v) is 17.1. The van der Waals surface area contributed by atoms with Gasteiger partial charge in [0.05, 0.1) is 6.26 Å². The van der Waals surface area contributed by atoms with Crippen LogP contribution in [0.5, 0.6) is 0 Å². The largest absolute Gasteiger partial charge is 0.301 e. The molecule has 1 saturated heterocycles. The minimum Gasteiger partial charge on any atom is -0.301 e. The van der Waals surface area contributed by atoms with E-state index in [1.807, 2.05) is 0 Å². The van der Waals surface area contributed by atoms with E-state index in [9.17, 15) is 8.42 Å². The van der Waals surface area contributed by atoms with Crippen LogP contribution in [0, 0.1) is 5.92 Å². The van der Waals surface area contributed by atoms with Crippen molar-refractivity contribution in [1.82, 2.24) is 9.21 Å². The van der Waals surface area contributed by atoms with Gasteiger partial charge in [-0.3, -0.25) is 0 Å². The van der Waals surface area contributed by atoms with E-state index in [0.717, 1.165) is 24.3 Å². The molecule has 0 aromatic heterocycles. The summed E-state index contributed by atoms with van der Waals surface area (Å²) in [5, 5.41) is 0. The molecule has 5 heteroatoms. The molecule has 3 rings (SSSR count). The van der Waals surface area contributed by atoms with Crippen LogP contribution in [0.4, 0.5) is 0 Å². The summed E-state index contributed by atoms with van der Waals surface area (Å²) in [6, 6.07) is 7.10. The third-order valence-electron chi connectivity index (χ3n) is 5.84. The summed E-state index contributed by atoms with van der Waals surface area (Å²) >= 11 is 0. The van der Waals surface area contributed by atoms with Gasteiger partial charge in [-0.1, -0.05) is 30.4 Å². The lowest BCUT2D eigenvalue weighted by molar-refractivity contribution is 0.150. The standard InChI is InChI=1S/C21H32N2O2S/c1-17(2)22-12-9-18(10-13-22)5-4-6-19-7-8-21-16-23(26(3,24)25)14-11-20(21)15-19/h4,6-8,15,17-18H,5,9-14,16H2,1-3H3/b6-4+. The summed E-state index contributed by atoms with van der Waals surface area (Å²) in [6.45, 7) is 8.12. The molecule has 26 heavy (non-hydrogen) atoms. The SMILES string of the molecule is CC(C)N1CCC(C/C=C/c2ccc3c(c2)CCN(S(C)(=O)=O)C3)CC1. The Morgan fingerprint density at radius 1 is 1.15 bits per heavy atom. The topological polar surface area (TPSA) is 40.6 Å². The zero-order chi connectivity index (χ0) is 18.7. The molecular weight excluding hydrogens is 344 g/mol. The van der Waals surface area contributed by atoms with Crippen molar-refractivity contribution in [3.05, 3.63) is 41.0 Å². The molecule has 0 amide bonds. The van der Waals surface area contributed by atoms with E-state index in [0.29, 0.717) is 19.1 Å². The maximum absolute atomic E-state index is 11.7. The van der Waals surface area contributed by atoms with Crippen molar-refractivity contribution >= 4 is 16.1 Å². The molecular formula is C21H32N2O2S. The number of likely N-dealkylation sites (tertiary alicyclic amines) is 1.